The Morgan fingerprint density at radius 1 is 1.50 bits per heavy atom. The van der Waals surface area contributed by atoms with Crippen LogP contribution >= 0.6 is 0 Å². The molecule has 1 unspecified atom stereocenters. The van der Waals surface area contributed by atoms with Gasteiger partial charge < -0.3 is 5.32 Å². The lowest BCUT2D eigenvalue weighted by Crippen LogP contribution is -2.44. The van der Waals surface area contributed by atoms with E-state index in [0.29, 0.717) is 0 Å². The Labute approximate surface area is 61.0 Å². The summed E-state index contributed by atoms with van der Waals surface area (Å²) in [5, 5.41) is 3.08. The average molecular weight is 139 g/mol. The van der Waals surface area contributed by atoms with Crippen molar-refractivity contribution in [1.29, 1.82) is 0 Å². The fourth-order valence-electron chi connectivity index (χ4n) is 1.60. The topological polar surface area (TPSA) is 29.1 Å². The molecule has 1 N–H and O–H groups in total. The summed E-state index contributed by atoms with van der Waals surface area (Å²) >= 11 is 0. The number of carbonyl (C=O) groups is 1. The van der Waals surface area contributed by atoms with Crippen molar-refractivity contribution in [2.24, 2.45) is 5.92 Å². The highest BCUT2D eigenvalue weighted by Crippen LogP contribution is 2.43. The minimum atomic E-state index is 0.256. The molecule has 1 heterocycles. The van der Waals surface area contributed by atoms with Gasteiger partial charge in [-0.3, -0.25) is 4.79 Å². The van der Waals surface area contributed by atoms with Gasteiger partial charge in [-0.15, -0.1) is 0 Å². The van der Waals surface area contributed by atoms with Crippen molar-refractivity contribution in [2.75, 3.05) is 0 Å². The summed E-state index contributed by atoms with van der Waals surface area (Å²) < 4.78 is 0. The average Bonchev–Trinajstić information content (AvgIpc) is 2.62. The number of piperidine rings is 1. The van der Waals surface area contributed by atoms with Gasteiger partial charge in [0.05, 0.1) is 0 Å². The first-order valence-corrected chi connectivity index (χ1v) is 4.04. The molecule has 1 saturated heterocycles. The molecule has 2 heteroatoms. The molecule has 0 aromatic rings. The molecule has 2 fully saturated rings. The van der Waals surface area contributed by atoms with Gasteiger partial charge in [0.2, 0.25) is 5.91 Å². The molecular formula is C8H13NO. The molecule has 1 saturated carbocycles. The molecule has 0 bridgehead atoms. The summed E-state index contributed by atoms with van der Waals surface area (Å²) in [6, 6.07) is 0. The Morgan fingerprint density at radius 3 is 2.70 bits per heavy atom. The summed E-state index contributed by atoms with van der Waals surface area (Å²) in [7, 11) is 0. The number of carbonyl (C=O) groups excluding carboxylic acids is 1. The van der Waals surface area contributed by atoms with E-state index in [2.05, 4.69) is 5.32 Å². The van der Waals surface area contributed by atoms with E-state index in [9.17, 15) is 4.79 Å². The summed E-state index contributed by atoms with van der Waals surface area (Å²) in [5.41, 5.74) is 0.281. The maximum Gasteiger partial charge on any atom is 0.223 e. The summed E-state index contributed by atoms with van der Waals surface area (Å²) in [6.45, 7) is 2.00. The van der Waals surface area contributed by atoms with E-state index in [-0.39, 0.29) is 17.4 Å². The second-order valence-electron chi connectivity index (χ2n) is 3.71. The molecule has 10 heavy (non-hydrogen) atoms. The molecule has 0 aromatic carbocycles. The first-order valence-electron chi connectivity index (χ1n) is 4.04. The Morgan fingerprint density at radius 2 is 2.20 bits per heavy atom. The molecule has 2 rings (SSSR count). The van der Waals surface area contributed by atoms with E-state index < -0.39 is 0 Å². The number of hydrogen-bond acceptors (Lipinski definition) is 1. The van der Waals surface area contributed by atoms with Gasteiger partial charge in [0, 0.05) is 11.5 Å². The van der Waals surface area contributed by atoms with Crippen molar-refractivity contribution < 1.29 is 4.79 Å². The van der Waals surface area contributed by atoms with Gasteiger partial charge in [-0.2, -0.15) is 0 Å². The molecule has 56 valence electrons. The van der Waals surface area contributed by atoms with Crippen LogP contribution in [0.15, 0.2) is 0 Å². The molecule has 2 aliphatic rings. The maximum atomic E-state index is 11.1. The highest BCUT2D eigenvalue weighted by atomic mass is 16.2. The number of rotatable bonds is 0. The van der Waals surface area contributed by atoms with Crippen LogP contribution in [0.2, 0.25) is 0 Å². The minimum Gasteiger partial charge on any atom is -0.350 e. The summed E-state index contributed by atoms with van der Waals surface area (Å²) in [6.07, 6.45) is 4.72. The number of hydrogen-bond donors (Lipinski definition) is 1. The van der Waals surface area contributed by atoms with Gasteiger partial charge in [0.25, 0.3) is 0 Å². The quantitative estimate of drug-likeness (QED) is 0.534. The van der Waals surface area contributed by atoms with E-state index in [1.165, 1.54) is 19.3 Å². The Kier molecular flexibility index (Phi) is 1.08. The second kappa shape index (κ2) is 1.74. The van der Waals surface area contributed by atoms with Gasteiger partial charge >= 0.3 is 0 Å². The maximum absolute atomic E-state index is 11.1. The zero-order valence-corrected chi connectivity index (χ0v) is 6.31. The number of nitrogens with one attached hydrogen (secondary N) is 1. The van der Waals surface area contributed by atoms with E-state index in [1.807, 2.05) is 6.92 Å². The fraction of sp³-hybridized carbons (Fsp3) is 0.875. The monoisotopic (exact) mass is 139 g/mol. The van der Waals surface area contributed by atoms with Crippen LogP contribution in [0.5, 0.6) is 0 Å². The summed E-state index contributed by atoms with van der Waals surface area (Å²) in [4.78, 5) is 11.1. The molecule has 0 radical (unpaired) electrons. The highest BCUT2D eigenvalue weighted by molar-refractivity contribution is 5.80. The predicted molar refractivity (Wildman–Crippen MR) is 38.5 cm³/mol. The predicted octanol–water partition coefficient (Wildman–Crippen LogP) is 1.07. The van der Waals surface area contributed by atoms with Gasteiger partial charge in [-0.25, -0.2) is 0 Å². The van der Waals surface area contributed by atoms with Crippen molar-refractivity contribution in [1.82, 2.24) is 5.32 Å². The van der Waals surface area contributed by atoms with Crippen LogP contribution in [-0.4, -0.2) is 11.4 Å². The first kappa shape index (κ1) is 6.20. The Hall–Kier alpha value is -0.530. The number of amides is 1. The van der Waals surface area contributed by atoms with Crippen LogP contribution in [0.3, 0.4) is 0 Å². The molecule has 1 aliphatic carbocycles. The van der Waals surface area contributed by atoms with Gasteiger partial charge in [0.1, 0.15) is 0 Å². The fourth-order valence-corrected chi connectivity index (χ4v) is 1.60. The minimum absolute atomic E-state index is 0.256. The standard InChI is InChI=1S/C8H13NO/c1-6-2-3-8(4-5-8)9-7(6)10/h6H,2-5H2,1H3,(H,9,10). The van der Waals surface area contributed by atoms with E-state index in [0.717, 1.165) is 6.42 Å². The van der Waals surface area contributed by atoms with Gasteiger partial charge in [-0.05, 0) is 25.7 Å². The van der Waals surface area contributed by atoms with Gasteiger partial charge in [-0.1, -0.05) is 6.92 Å². The van der Waals surface area contributed by atoms with Crippen molar-refractivity contribution in [3.05, 3.63) is 0 Å². The van der Waals surface area contributed by atoms with Crippen LogP contribution in [-0.2, 0) is 4.79 Å². The lowest BCUT2D eigenvalue weighted by molar-refractivity contribution is -0.127. The Bertz CT molecular complexity index is 172. The summed E-state index contributed by atoms with van der Waals surface area (Å²) in [5.74, 6) is 0.523. The third-order valence-electron chi connectivity index (χ3n) is 2.75. The lowest BCUT2D eigenvalue weighted by Gasteiger charge is -2.26. The van der Waals surface area contributed by atoms with Gasteiger partial charge in [0.15, 0.2) is 0 Å². The smallest absolute Gasteiger partial charge is 0.223 e. The van der Waals surface area contributed by atoms with E-state index >= 15 is 0 Å². The normalized spacial score (nSPS) is 35.7. The van der Waals surface area contributed by atoms with Crippen molar-refractivity contribution in [3.63, 3.8) is 0 Å². The van der Waals surface area contributed by atoms with Crippen molar-refractivity contribution >= 4 is 5.91 Å². The van der Waals surface area contributed by atoms with Crippen molar-refractivity contribution in [3.8, 4) is 0 Å². The molecule has 1 amide bonds. The molecular weight excluding hydrogens is 126 g/mol. The third kappa shape index (κ3) is 0.825. The third-order valence-corrected chi connectivity index (χ3v) is 2.75. The van der Waals surface area contributed by atoms with Crippen LogP contribution in [0.25, 0.3) is 0 Å². The van der Waals surface area contributed by atoms with Crippen LogP contribution < -0.4 is 5.32 Å². The zero-order chi connectivity index (χ0) is 7.19. The largest absolute Gasteiger partial charge is 0.350 e. The first-order chi connectivity index (χ1) is 4.72. The van der Waals surface area contributed by atoms with Crippen molar-refractivity contribution in [2.45, 2.75) is 38.1 Å². The van der Waals surface area contributed by atoms with Crippen LogP contribution in [0.1, 0.15) is 32.6 Å². The van der Waals surface area contributed by atoms with Crippen LogP contribution in [0, 0.1) is 5.92 Å². The molecule has 0 aromatic heterocycles. The molecule has 2 nitrogen and oxygen atoms in total. The van der Waals surface area contributed by atoms with E-state index in [4.69, 9.17) is 0 Å². The molecule has 1 spiro atoms. The van der Waals surface area contributed by atoms with Crippen LogP contribution in [0.4, 0.5) is 0 Å². The SMILES string of the molecule is CC1CCC2(CC2)NC1=O. The van der Waals surface area contributed by atoms with E-state index in [1.54, 1.807) is 0 Å². The second-order valence-corrected chi connectivity index (χ2v) is 3.71. The molecule has 1 aliphatic heterocycles. The highest BCUT2D eigenvalue weighted by Gasteiger charge is 2.46. The Balaban J connectivity index is 2.04. The lowest BCUT2D eigenvalue weighted by atomic mass is 9.94. The molecule has 1 atom stereocenters. The zero-order valence-electron chi connectivity index (χ0n) is 6.31.